The van der Waals surface area contributed by atoms with Crippen molar-refractivity contribution in [2.24, 2.45) is 0 Å². The van der Waals surface area contributed by atoms with Crippen LogP contribution < -0.4 is 9.62 Å². The van der Waals surface area contributed by atoms with Crippen LogP contribution in [0.25, 0.3) is 0 Å². The molecule has 1 saturated carbocycles. The van der Waals surface area contributed by atoms with Gasteiger partial charge in [-0.3, -0.25) is 13.9 Å². The van der Waals surface area contributed by atoms with E-state index in [0.29, 0.717) is 12.1 Å². The highest BCUT2D eigenvalue weighted by molar-refractivity contribution is 7.92. The topological polar surface area (TPSA) is 86.8 Å². The summed E-state index contributed by atoms with van der Waals surface area (Å²) in [5, 5.41) is 3.10. The van der Waals surface area contributed by atoms with E-state index in [0.717, 1.165) is 42.4 Å². The van der Waals surface area contributed by atoms with Crippen molar-refractivity contribution in [3.05, 3.63) is 95.6 Å². The Kier molecular flexibility index (Phi) is 9.63. The van der Waals surface area contributed by atoms with Crippen LogP contribution in [0.4, 0.5) is 5.69 Å². The quantitative estimate of drug-likeness (QED) is 0.347. The first-order chi connectivity index (χ1) is 19.2. The zero-order valence-corrected chi connectivity index (χ0v) is 24.4. The van der Waals surface area contributed by atoms with Crippen molar-refractivity contribution in [3.8, 4) is 0 Å². The Labute approximate surface area is 238 Å². The van der Waals surface area contributed by atoms with Gasteiger partial charge in [-0.2, -0.15) is 0 Å². The van der Waals surface area contributed by atoms with Gasteiger partial charge in [-0.15, -0.1) is 0 Å². The summed E-state index contributed by atoms with van der Waals surface area (Å²) in [6, 6.07) is 22.6. The molecule has 0 aliphatic heterocycles. The molecule has 0 heterocycles. The Morgan fingerprint density at radius 2 is 1.55 bits per heavy atom. The molecular weight excluding hydrogens is 522 g/mol. The number of amides is 2. The highest BCUT2D eigenvalue weighted by Gasteiger charge is 2.34. The fourth-order valence-electron chi connectivity index (χ4n) is 5.16. The SMILES string of the molecule is CCc1ccccc1N(CC(=O)N(Cc1ccccc1)[C@H](C)C(=O)NC1CCCC1)S(=O)(=O)c1ccc(C)cc1. The van der Waals surface area contributed by atoms with E-state index in [9.17, 15) is 18.0 Å². The number of benzene rings is 3. The van der Waals surface area contributed by atoms with Crippen molar-refractivity contribution in [2.45, 2.75) is 76.4 Å². The summed E-state index contributed by atoms with van der Waals surface area (Å²) in [6.45, 7) is 5.32. The number of aryl methyl sites for hydroxylation is 2. The lowest BCUT2D eigenvalue weighted by Crippen LogP contribution is -2.52. The van der Waals surface area contributed by atoms with Crippen LogP contribution in [-0.2, 0) is 32.6 Å². The molecule has 2 amide bonds. The number of nitrogens with zero attached hydrogens (tertiary/aromatic N) is 2. The summed E-state index contributed by atoms with van der Waals surface area (Å²) in [4.78, 5) is 29.0. The number of hydrogen-bond acceptors (Lipinski definition) is 4. The van der Waals surface area contributed by atoms with Gasteiger partial charge in [0.05, 0.1) is 10.6 Å². The number of sulfonamides is 1. The minimum absolute atomic E-state index is 0.110. The van der Waals surface area contributed by atoms with Gasteiger partial charge >= 0.3 is 0 Å². The first kappa shape index (κ1) is 29.3. The zero-order valence-electron chi connectivity index (χ0n) is 23.5. The lowest BCUT2D eigenvalue weighted by atomic mass is 10.1. The molecule has 7 nitrogen and oxygen atoms in total. The maximum Gasteiger partial charge on any atom is 0.264 e. The number of hydrogen-bond donors (Lipinski definition) is 1. The number of rotatable bonds is 11. The third kappa shape index (κ3) is 6.91. The maximum atomic E-state index is 14.1. The van der Waals surface area contributed by atoms with E-state index in [1.807, 2.05) is 56.3 Å². The van der Waals surface area contributed by atoms with Gasteiger partial charge in [0.1, 0.15) is 12.6 Å². The number of anilines is 1. The van der Waals surface area contributed by atoms with Gasteiger partial charge in [0.15, 0.2) is 0 Å². The molecule has 40 heavy (non-hydrogen) atoms. The summed E-state index contributed by atoms with van der Waals surface area (Å²) >= 11 is 0. The molecule has 0 bridgehead atoms. The number of carbonyl (C=O) groups is 2. The Bertz CT molecular complexity index is 1400. The molecule has 3 aromatic rings. The molecule has 1 atom stereocenters. The molecule has 0 aromatic heterocycles. The summed E-state index contributed by atoms with van der Waals surface area (Å²) in [7, 11) is -4.08. The van der Waals surface area contributed by atoms with Gasteiger partial charge < -0.3 is 10.2 Å². The first-order valence-corrected chi connectivity index (χ1v) is 15.5. The van der Waals surface area contributed by atoms with E-state index in [1.54, 1.807) is 43.3 Å². The molecule has 0 unspecified atom stereocenters. The smallest absolute Gasteiger partial charge is 0.264 e. The largest absolute Gasteiger partial charge is 0.352 e. The normalized spacial score (nSPS) is 14.5. The molecule has 0 spiro atoms. The Balaban J connectivity index is 1.70. The van der Waals surface area contributed by atoms with Crippen LogP contribution in [-0.4, -0.2) is 43.8 Å². The molecule has 1 N–H and O–H groups in total. The Hall–Kier alpha value is -3.65. The summed E-state index contributed by atoms with van der Waals surface area (Å²) in [6.07, 6.45) is 4.62. The average molecular weight is 562 g/mol. The molecule has 3 aromatic carbocycles. The zero-order chi connectivity index (χ0) is 28.7. The number of carbonyl (C=O) groups excluding carboxylic acids is 2. The van der Waals surface area contributed by atoms with Gasteiger partial charge in [-0.25, -0.2) is 8.42 Å². The molecule has 0 saturated heterocycles. The molecular formula is C32H39N3O4S. The minimum atomic E-state index is -4.08. The number of nitrogens with one attached hydrogen (secondary N) is 1. The second-order valence-corrected chi connectivity index (χ2v) is 12.3. The third-order valence-corrected chi connectivity index (χ3v) is 9.37. The molecule has 8 heteroatoms. The van der Waals surface area contributed by atoms with E-state index in [-0.39, 0.29) is 23.4 Å². The second kappa shape index (κ2) is 13.1. The van der Waals surface area contributed by atoms with Gasteiger partial charge in [0.2, 0.25) is 11.8 Å². The van der Waals surface area contributed by atoms with Crippen LogP contribution in [0, 0.1) is 6.92 Å². The number of para-hydroxylation sites is 1. The summed E-state index contributed by atoms with van der Waals surface area (Å²) in [5.41, 5.74) is 3.07. The monoisotopic (exact) mass is 561 g/mol. The van der Waals surface area contributed by atoms with Crippen LogP contribution in [0.1, 0.15) is 56.2 Å². The molecule has 1 aliphatic rings. The van der Waals surface area contributed by atoms with Crippen molar-refractivity contribution in [1.82, 2.24) is 10.2 Å². The molecule has 1 fully saturated rings. The van der Waals surface area contributed by atoms with E-state index in [4.69, 9.17) is 0 Å². The average Bonchev–Trinajstić information content (AvgIpc) is 3.48. The van der Waals surface area contributed by atoms with E-state index in [1.165, 1.54) is 9.21 Å². The van der Waals surface area contributed by atoms with Crippen molar-refractivity contribution < 1.29 is 18.0 Å². The first-order valence-electron chi connectivity index (χ1n) is 14.0. The molecule has 4 rings (SSSR count). The van der Waals surface area contributed by atoms with E-state index < -0.39 is 28.5 Å². The molecule has 212 valence electrons. The molecule has 1 aliphatic carbocycles. The molecule has 0 radical (unpaired) electrons. The van der Waals surface area contributed by atoms with Crippen molar-refractivity contribution in [1.29, 1.82) is 0 Å². The van der Waals surface area contributed by atoms with Gasteiger partial charge in [-0.1, -0.05) is 86.0 Å². The lowest BCUT2D eigenvalue weighted by molar-refractivity contribution is -0.139. The maximum absolute atomic E-state index is 14.1. The minimum Gasteiger partial charge on any atom is -0.352 e. The van der Waals surface area contributed by atoms with Crippen molar-refractivity contribution in [3.63, 3.8) is 0 Å². The predicted molar refractivity (Wildman–Crippen MR) is 158 cm³/mol. The van der Waals surface area contributed by atoms with E-state index in [2.05, 4.69) is 5.32 Å². The van der Waals surface area contributed by atoms with Crippen molar-refractivity contribution in [2.75, 3.05) is 10.8 Å². The van der Waals surface area contributed by atoms with Crippen LogP contribution in [0.2, 0.25) is 0 Å². The summed E-state index contributed by atoms with van der Waals surface area (Å²) in [5.74, 6) is -0.669. The van der Waals surface area contributed by atoms with Crippen LogP contribution in [0.5, 0.6) is 0 Å². The fraction of sp³-hybridized carbons (Fsp3) is 0.375. The highest BCUT2D eigenvalue weighted by Crippen LogP contribution is 2.28. The van der Waals surface area contributed by atoms with Gasteiger partial charge in [0.25, 0.3) is 10.0 Å². The van der Waals surface area contributed by atoms with Crippen LogP contribution in [0.3, 0.4) is 0 Å². The summed E-state index contributed by atoms with van der Waals surface area (Å²) < 4.78 is 29.3. The lowest BCUT2D eigenvalue weighted by Gasteiger charge is -2.33. The predicted octanol–water partition coefficient (Wildman–Crippen LogP) is 5.23. The van der Waals surface area contributed by atoms with Gasteiger partial charge in [0, 0.05) is 12.6 Å². The standard InChI is InChI=1S/C32H39N3O4S/c1-4-27-14-8-11-17-30(27)35(40(38,39)29-20-18-24(2)19-21-29)23-31(36)34(22-26-12-6-5-7-13-26)25(3)32(37)33-28-15-9-10-16-28/h5-8,11-14,17-21,25,28H,4,9-10,15-16,22-23H2,1-3H3,(H,33,37)/t25-/m1/s1. The van der Waals surface area contributed by atoms with Gasteiger partial charge in [-0.05, 0) is 62.4 Å². The van der Waals surface area contributed by atoms with Crippen LogP contribution >= 0.6 is 0 Å². The highest BCUT2D eigenvalue weighted by atomic mass is 32.2. The van der Waals surface area contributed by atoms with E-state index >= 15 is 0 Å². The Morgan fingerprint density at radius 3 is 2.20 bits per heavy atom. The third-order valence-electron chi connectivity index (χ3n) is 7.59. The Morgan fingerprint density at radius 1 is 0.925 bits per heavy atom. The van der Waals surface area contributed by atoms with Crippen LogP contribution in [0.15, 0.2) is 83.8 Å². The second-order valence-electron chi connectivity index (χ2n) is 10.5. The fourth-order valence-corrected chi connectivity index (χ4v) is 6.61. The van der Waals surface area contributed by atoms with Crippen molar-refractivity contribution >= 4 is 27.5 Å².